The average molecular weight is 158 g/mol. The molecule has 0 aliphatic carbocycles. The van der Waals surface area contributed by atoms with Gasteiger partial charge in [0.05, 0.1) is 0 Å². The van der Waals surface area contributed by atoms with Crippen molar-refractivity contribution in [2.45, 2.75) is 39.7 Å². The van der Waals surface area contributed by atoms with Crippen LogP contribution in [-0.2, 0) is 0 Å². The Labute approximate surface area is 70.8 Å². The highest BCUT2D eigenvalue weighted by molar-refractivity contribution is 4.61. The number of nitrogens with zero attached hydrogens (tertiary/aromatic N) is 1. The van der Waals surface area contributed by atoms with Gasteiger partial charge in [0.2, 0.25) is 0 Å². The zero-order chi connectivity index (χ0) is 8.69. The van der Waals surface area contributed by atoms with Crippen LogP contribution in [0.3, 0.4) is 0 Å². The zero-order valence-corrected chi connectivity index (χ0v) is 8.14. The largest absolute Gasteiger partial charge is 0.327 e. The highest BCUT2D eigenvalue weighted by Crippen LogP contribution is 1.95. The summed E-state index contributed by atoms with van der Waals surface area (Å²) < 4.78 is 0. The Bertz CT molecular complexity index is 81.6. The number of nitrogens with two attached hydrogens (primary N) is 1. The molecule has 0 fully saturated rings. The van der Waals surface area contributed by atoms with Crippen molar-refractivity contribution in [3.8, 4) is 0 Å². The third-order valence-electron chi connectivity index (χ3n) is 1.82. The number of hydrogen-bond acceptors (Lipinski definition) is 2. The van der Waals surface area contributed by atoms with E-state index in [-0.39, 0.29) is 0 Å². The smallest absolute Gasteiger partial charge is 0.0139 e. The minimum Gasteiger partial charge on any atom is -0.327 e. The zero-order valence-electron chi connectivity index (χ0n) is 8.14. The lowest BCUT2D eigenvalue weighted by atomic mass is 10.2. The molecule has 0 rings (SSSR count). The lowest BCUT2D eigenvalue weighted by Crippen LogP contribution is -2.36. The average Bonchev–Trinajstić information content (AvgIpc) is 1.97. The number of hydrogen-bond donors (Lipinski definition) is 1. The third-order valence-corrected chi connectivity index (χ3v) is 1.82. The maximum Gasteiger partial charge on any atom is 0.0139 e. The molecule has 0 heterocycles. The summed E-state index contributed by atoms with van der Waals surface area (Å²) >= 11 is 0. The fourth-order valence-electron chi connectivity index (χ4n) is 1.17. The first-order valence-corrected chi connectivity index (χ1v) is 4.68. The summed E-state index contributed by atoms with van der Waals surface area (Å²) in [5, 5.41) is 0. The van der Waals surface area contributed by atoms with Crippen LogP contribution in [0.5, 0.6) is 0 Å². The molecule has 1 atom stereocenters. The Morgan fingerprint density at radius 1 is 1.36 bits per heavy atom. The van der Waals surface area contributed by atoms with Crippen LogP contribution in [0.2, 0.25) is 0 Å². The van der Waals surface area contributed by atoms with Crippen LogP contribution in [0, 0.1) is 0 Å². The molecule has 11 heavy (non-hydrogen) atoms. The predicted octanol–water partition coefficient (Wildman–Crippen LogP) is 1.46. The van der Waals surface area contributed by atoms with Crippen LogP contribution < -0.4 is 5.73 Å². The molecule has 0 radical (unpaired) electrons. The van der Waals surface area contributed by atoms with E-state index in [1.54, 1.807) is 0 Å². The van der Waals surface area contributed by atoms with Crippen LogP contribution in [0.25, 0.3) is 0 Å². The molecule has 0 aromatic carbocycles. The molecule has 0 spiro atoms. The van der Waals surface area contributed by atoms with Gasteiger partial charge < -0.3 is 10.6 Å². The van der Waals surface area contributed by atoms with E-state index >= 15 is 0 Å². The first-order chi connectivity index (χ1) is 5.20. The summed E-state index contributed by atoms with van der Waals surface area (Å²) in [6, 6.07) is 0.312. The molecule has 0 saturated heterocycles. The van der Waals surface area contributed by atoms with Gasteiger partial charge in [-0.1, -0.05) is 20.3 Å². The summed E-state index contributed by atoms with van der Waals surface area (Å²) in [4.78, 5) is 2.41. The standard InChI is InChI=1S/C9H22N2/c1-4-6-7-11(5-2)8-9(3)10/h9H,4-8,10H2,1-3H3/t9-/m0/s1. The summed E-state index contributed by atoms with van der Waals surface area (Å²) in [6.07, 6.45) is 2.57. The normalized spacial score (nSPS) is 13.9. The maximum absolute atomic E-state index is 5.70. The topological polar surface area (TPSA) is 29.3 Å². The first kappa shape index (κ1) is 10.9. The van der Waals surface area contributed by atoms with Gasteiger partial charge in [-0.25, -0.2) is 0 Å². The molecular weight excluding hydrogens is 136 g/mol. The Balaban J connectivity index is 3.41. The molecule has 0 saturated carbocycles. The van der Waals surface area contributed by atoms with Crippen LogP contribution in [0.4, 0.5) is 0 Å². The summed E-state index contributed by atoms with van der Waals surface area (Å²) in [5.41, 5.74) is 5.70. The fraction of sp³-hybridized carbons (Fsp3) is 1.00. The lowest BCUT2D eigenvalue weighted by Gasteiger charge is -2.21. The van der Waals surface area contributed by atoms with E-state index in [2.05, 4.69) is 25.7 Å². The van der Waals surface area contributed by atoms with Crippen molar-refractivity contribution in [2.75, 3.05) is 19.6 Å². The van der Waals surface area contributed by atoms with Gasteiger partial charge in [-0.3, -0.25) is 0 Å². The summed E-state index contributed by atoms with van der Waals surface area (Å²) in [6.45, 7) is 9.85. The quantitative estimate of drug-likeness (QED) is 0.634. The number of likely N-dealkylation sites (N-methyl/N-ethyl adjacent to an activating group) is 1. The van der Waals surface area contributed by atoms with Gasteiger partial charge in [-0.2, -0.15) is 0 Å². The molecule has 0 unspecified atom stereocenters. The van der Waals surface area contributed by atoms with Gasteiger partial charge in [-0.15, -0.1) is 0 Å². The maximum atomic E-state index is 5.70. The van der Waals surface area contributed by atoms with Crippen molar-refractivity contribution < 1.29 is 0 Å². The van der Waals surface area contributed by atoms with Gasteiger partial charge in [0.15, 0.2) is 0 Å². The Kier molecular flexibility index (Phi) is 6.57. The van der Waals surface area contributed by atoms with Crippen LogP contribution in [0.15, 0.2) is 0 Å². The van der Waals surface area contributed by atoms with Gasteiger partial charge in [0, 0.05) is 12.6 Å². The second kappa shape index (κ2) is 6.62. The predicted molar refractivity (Wildman–Crippen MR) is 50.7 cm³/mol. The Hall–Kier alpha value is -0.0800. The van der Waals surface area contributed by atoms with E-state index in [0.717, 1.165) is 13.1 Å². The molecule has 0 aliphatic rings. The van der Waals surface area contributed by atoms with E-state index in [1.165, 1.54) is 19.4 Å². The molecule has 2 N–H and O–H groups in total. The van der Waals surface area contributed by atoms with Crippen molar-refractivity contribution in [1.82, 2.24) is 4.90 Å². The molecule has 0 bridgehead atoms. The highest BCUT2D eigenvalue weighted by Gasteiger charge is 2.02. The van der Waals surface area contributed by atoms with Gasteiger partial charge in [0.1, 0.15) is 0 Å². The van der Waals surface area contributed by atoms with Gasteiger partial charge >= 0.3 is 0 Å². The second-order valence-electron chi connectivity index (χ2n) is 3.22. The van der Waals surface area contributed by atoms with E-state index < -0.39 is 0 Å². The summed E-state index contributed by atoms with van der Waals surface area (Å²) in [5.74, 6) is 0. The molecule has 0 aromatic heterocycles. The van der Waals surface area contributed by atoms with E-state index in [9.17, 15) is 0 Å². The van der Waals surface area contributed by atoms with E-state index in [1.807, 2.05) is 0 Å². The van der Waals surface area contributed by atoms with Crippen molar-refractivity contribution in [2.24, 2.45) is 5.73 Å². The van der Waals surface area contributed by atoms with Crippen molar-refractivity contribution in [3.05, 3.63) is 0 Å². The second-order valence-corrected chi connectivity index (χ2v) is 3.22. The minimum absolute atomic E-state index is 0.312. The van der Waals surface area contributed by atoms with Gasteiger partial charge in [0.25, 0.3) is 0 Å². The first-order valence-electron chi connectivity index (χ1n) is 4.68. The Morgan fingerprint density at radius 2 is 2.00 bits per heavy atom. The number of rotatable bonds is 6. The highest BCUT2D eigenvalue weighted by atomic mass is 15.1. The van der Waals surface area contributed by atoms with Crippen LogP contribution in [-0.4, -0.2) is 30.6 Å². The molecule has 2 heteroatoms. The van der Waals surface area contributed by atoms with Crippen molar-refractivity contribution >= 4 is 0 Å². The van der Waals surface area contributed by atoms with Crippen LogP contribution in [0.1, 0.15) is 33.6 Å². The lowest BCUT2D eigenvalue weighted by molar-refractivity contribution is 0.270. The van der Waals surface area contributed by atoms with E-state index in [0.29, 0.717) is 6.04 Å². The molecular formula is C9H22N2. The molecule has 68 valence electrons. The summed E-state index contributed by atoms with van der Waals surface area (Å²) in [7, 11) is 0. The number of unbranched alkanes of at least 4 members (excludes halogenated alkanes) is 1. The molecule has 2 nitrogen and oxygen atoms in total. The SMILES string of the molecule is CCCCN(CC)C[C@H](C)N. The molecule has 0 aromatic rings. The van der Waals surface area contributed by atoms with Crippen molar-refractivity contribution in [3.63, 3.8) is 0 Å². The fourth-order valence-corrected chi connectivity index (χ4v) is 1.17. The monoisotopic (exact) mass is 158 g/mol. The molecule has 0 aliphatic heterocycles. The minimum atomic E-state index is 0.312. The van der Waals surface area contributed by atoms with E-state index in [4.69, 9.17) is 5.73 Å². The molecule has 0 amide bonds. The Morgan fingerprint density at radius 3 is 2.36 bits per heavy atom. The van der Waals surface area contributed by atoms with Crippen LogP contribution >= 0.6 is 0 Å². The van der Waals surface area contributed by atoms with Gasteiger partial charge in [-0.05, 0) is 26.4 Å². The van der Waals surface area contributed by atoms with Crippen molar-refractivity contribution in [1.29, 1.82) is 0 Å². The third kappa shape index (κ3) is 6.32.